The minimum atomic E-state index is -0.0944. The first-order chi connectivity index (χ1) is 10.3. The SMILES string of the molecule is O=C(CCC1COc2ccccc2O1)Nc1ccncc1. The summed E-state index contributed by atoms with van der Waals surface area (Å²) >= 11 is 0. The Morgan fingerprint density at radius 2 is 1.95 bits per heavy atom. The number of pyridine rings is 1. The monoisotopic (exact) mass is 284 g/mol. The molecule has 0 fully saturated rings. The number of anilines is 1. The molecule has 108 valence electrons. The van der Waals surface area contributed by atoms with E-state index in [1.54, 1.807) is 24.5 Å². The normalized spacial score (nSPS) is 16.3. The van der Waals surface area contributed by atoms with Crippen LogP contribution in [0.25, 0.3) is 0 Å². The first kappa shape index (κ1) is 13.4. The fourth-order valence-corrected chi connectivity index (χ4v) is 2.16. The number of nitrogens with one attached hydrogen (secondary N) is 1. The van der Waals surface area contributed by atoms with E-state index in [0.717, 1.165) is 17.2 Å². The van der Waals surface area contributed by atoms with Gasteiger partial charge in [0.05, 0.1) is 0 Å². The number of hydrogen-bond donors (Lipinski definition) is 1. The zero-order chi connectivity index (χ0) is 14.5. The summed E-state index contributed by atoms with van der Waals surface area (Å²) in [5, 5.41) is 2.83. The van der Waals surface area contributed by atoms with Crippen LogP contribution in [0.3, 0.4) is 0 Å². The second kappa shape index (κ2) is 6.26. The predicted molar refractivity (Wildman–Crippen MR) is 78.5 cm³/mol. The van der Waals surface area contributed by atoms with Crippen LogP contribution < -0.4 is 14.8 Å². The number of ether oxygens (including phenoxy) is 2. The van der Waals surface area contributed by atoms with Crippen LogP contribution in [0.5, 0.6) is 11.5 Å². The quantitative estimate of drug-likeness (QED) is 0.937. The summed E-state index contributed by atoms with van der Waals surface area (Å²) in [7, 11) is 0. The number of carbonyl (C=O) groups is 1. The lowest BCUT2D eigenvalue weighted by Gasteiger charge is -2.26. The van der Waals surface area contributed by atoms with Gasteiger partial charge in [-0.2, -0.15) is 0 Å². The van der Waals surface area contributed by atoms with Crippen molar-refractivity contribution in [3.8, 4) is 11.5 Å². The third-order valence-corrected chi connectivity index (χ3v) is 3.22. The van der Waals surface area contributed by atoms with Gasteiger partial charge in [-0.1, -0.05) is 12.1 Å². The highest BCUT2D eigenvalue weighted by Gasteiger charge is 2.21. The van der Waals surface area contributed by atoms with E-state index in [1.807, 2.05) is 24.3 Å². The van der Waals surface area contributed by atoms with Gasteiger partial charge in [0.1, 0.15) is 12.7 Å². The Morgan fingerprint density at radius 1 is 1.19 bits per heavy atom. The molecular formula is C16H16N2O3. The maximum absolute atomic E-state index is 11.9. The molecule has 0 radical (unpaired) electrons. The third kappa shape index (κ3) is 3.51. The van der Waals surface area contributed by atoms with E-state index < -0.39 is 0 Å². The number of fused-ring (bicyclic) bond motifs is 1. The first-order valence-electron chi connectivity index (χ1n) is 6.89. The Kier molecular flexibility index (Phi) is 4.00. The Hall–Kier alpha value is -2.56. The third-order valence-electron chi connectivity index (χ3n) is 3.22. The van der Waals surface area contributed by atoms with Crippen LogP contribution in [0, 0.1) is 0 Å². The molecule has 1 aliphatic heterocycles. The van der Waals surface area contributed by atoms with Gasteiger partial charge < -0.3 is 14.8 Å². The number of benzene rings is 1. The Bertz CT molecular complexity index is 616. The zero-order valence-electron chi connectivity index (χ0n) is 11.5. The topological polar surface area (TPSA) is 60.5 Å². The zero-order valence-corrected chi connectivity index (χ0v) is 11.5. The number of para-hydroxylation sites is 2. The second-order valence-corrected chi connectivity index (χ2v) is 4.82. The molecule has 1 atom stereocenters. The highest BCUT2D eigenvalue weighted by Crippen LogP contribution is 2.31. The van der Waals surface area contributed by atoms with E-state index >= 15 is 0 Å². The van der Waals surface area contributed by atoms with Crippen molar-refractivity contribution in [1.29, 1.82) is 0 Å². The lowest BCUT2D eigenvalue weighted by Crippen LogP contribution is -2.30. The molecule has 3 rings (SSSR count). The molecule has 1 N–H and O–H groups in total. The average molecular weight is 284 g/mol. The molecule has 5 heteroatoms. The number of carbonyl (C=O) groups excluding carboxylic acids is 1. The van der Waals surface area contributed by atoms with Crippen LogP contribution in [-0.4, -0.2) is 23.6 Å². The van der Waals surface area contributed by atoms with E-state index in [4.69, 9.17) is 9.47 Å². The van der Waals surface area contributed by atoms with Crippen molar-refractivity contribution in [3.05, 3.63) is 48.8 Å². The molecule has 2 aromatic rings. The molecule has 1 aromatic heterocycles. The number of nitrogens with zero attached hydrogens (tertiary/aromatic N) is 1. The standard InChI is InChI=1S/C16H16N2O3/c19-16(18-12-7-9-17-10-8-12)6-5-13-11-20-14-3-1-2-4-15(14)21-13/h1-4,7-10,13H,5-6,11H2,(H,17,18,19). The lowest BCUT2D eigenvalue weighted by molar-refractivity contribution is -0.116. The molecular weight excluding hydrogens is 268 g/mol. The van der Waals surface area contributed by atoms with Gasteiger partial charge in [0, 0.05) is 24.5 Å². The number of aromatic nitrogens is 1. The lowest BCUT2D eigenvalue weighted by atomic mass is 10.1. The van der Waals surface area contributed by atoms with Gasteiger partial charge in [0.2, 0.25) is 5.91 Å². The van der Waals surface area contributed by atoms with Gasteiger partial charge in [-0.3, -0.25) is 9.78 Å². The van der Waals surface area contributed by atoms with Gasteiger partial charge in [0.15, 0.2) is 11.5 Å². The molecule has 2 heterocycles. The van der Waals surface area contributed by atoms with Crippen LogP contribution >= 0.6 is 0 Å². The Balaban J connectivity index is 1.49. The smallest absolute Gasteiger partial charge is 0.224 e. The number of hydrogen-bond acceptors (Lipinski definition) is 4. The van der Waals surface area contributed by atoms with Crippen LogP contribution in [0.1, 0.15) is 12.8 Å². The molecule has 1 amide bonds. The maximum Gasteiger partial charge on any atom is 0.224 e. The van der Waals surface area contributed by atoms with Crippen molar-refractivity contribution in [2.24, 2.45) is 0 Å². The number of amides is 1. The summed E-state index contributed by atoms with van der Waals surface area (Å²) in [5.41, 5.74) is 0.751. The summed E-state index contributed by atoms with van der Waals surface area (Å²) in [6.45, 7) is 0.472. The second-order valence-electron chi connectivity index (χ2n) is 4.82. The van der Waals surface area contributed by atoms with E-state index in [-0.39, 0.29) is 12.0 Å². The summed E-state index contributed by atoms with van der Waals surface area (Å²) in [4.78, 5) is 15.8. The molecule has 0 saturated heterocycles. The van der Waals surface area contributed by atoms with Gasteiger partial charge in [0.25, 0.3) is 0 Å². The molecule has 5 nitrogen and oxygen atoms in total. The van der Waals surface area contributed by atoms with E-state index in [1.165, 1.54) is 0 Å². The van der Waals surface area contributed by atoms with Crippen molar-refractivity contribution in [3.63, 3.8) is 0 Å². The molecule has 0 aliphatic carbocycles. The predicted octanol–water partition coefficient (Wildman–Crippen LogP) is 2.64. The maximum atomic E-state index is 11.9. The number of rotatable bonds is 4. The Labute approximate surface area is 122 Å². The molecule has 1 aromatic carbocycles. The van der Waals surface area contributed by atoms with E-state index in [2.05, 4.69) is 10.3 Å². The van der Waals surface area contributed by atoms with E-state index in [9.17, 15) is 4.79 Å². The van der Waals surface area contributed by atoms with Crippen LogP contribution in [0.2, 0.25) is 0 Å². The van der Waals surface area contributed by atoms with Crippen molar-refractivity contribution in [2.45, 2.75) is 18.9 Å². The van der Waals surface area contributed by atoms with Gasteiger partial charge >= 0.3 is 0 Å². The Morgan fingerprint density at radius 3 is 2.76 bits per heavy atom. The van der Waals surface area contributed by atoms with Gasteiger partial charge in [-0.15, -0.1) is 0 Å². The highest BCUT2D eigenvalue weighted by molar-refractivity contribution is 5.90. The molecule has 21 heavy (non-hydrogen) atoms. The van der Waals surface area contributed by atoms with Gasteiger partial charge in [-0.05, 0) is 30.7 Å². The first-order valence-corrected chi connectivity index (χ1v) is 6.89. The summed E-state index contributed by atoms with van der Waals surface area (Å²) in [5.74, 6) is 1.46. The molecule has 1 aliphatic rings. The molecule has 0 bridgehead atoms. The highest BCUT2D eigenvalue weighted by atomic mass is 16.6. The fourth-order valence-electron chi connectivity index (χ4n) is 2.16. The summed E-state index contributed by atoms with van der Waals surface area (Å²) < 4.78 is 11.4. The van der Waals surface area contributed by atoms with Crippen molar-refractivity contribution >= 4 is 11.6 Å². The molecule has 0 saturated carbocycles. The largest absolute Gasteiger partial charge is 0.486 e. The van der Waals surface area contributed by atoms with Crippen LogP contribution in [0.4, 0.5) is 5.69 Å². The van der Waals surface area contributed by atoms with Crippen molar-refractivity contribution in [1.82, 2.24) is 4.98 Å². The summed E-state index contributed by atoms with van der Waals surface area (Å²) in [6.07, 6.45) is 4.20. The van der Waals surface area contributed by atoms with E-state index in [0.29, 0.717) is 19.4 Å². The van der Waals surface area contributed by atoms with Gasteiger partial charge in [-0.25, -0.2) is 0 Å². The minimum absolute atomic E-state index is 0.0383. The average Bonchev–Trinajstić information content (AvgIpc) is 2.54. The fraction of sp³-hybridized carbons (Fsp3) is 0.250. The van der Waals surface area contributed by atoms with Crippen LogP contribution in [0.15, 0.2) is 48.8 Å². The minimum Gasteiger partial charge on any atom is -0.486 e. The molecule has 0 spiro atoms. The molecule has 1 unspecified atom stereocenters. The van der Waals surface area contributed by atoms with Crippen molar-refractivity contribution < 1.29 is 14.3 Å². The van der Waals surface area contributed by atoms with Crippen LogP contribution in [-0.2, 0) is 4.79 Å². The summed E-state index contributed by atoms with van der Waals surface area (Å²) in [6, 6.07) is 11.1. The van der Waals surface area contributed by atoms with Crippen molar-refractivity contribution in [2.75, 3.05) is 11.9 Å².